The number of nitrogens with two attached hydrogens (primary N) is 1. The Labute approximate surface area is 155 Å². The van der Waals surface area contributed by atoms with Crippen LogP contribution in [0.3, 0.4) is 0 Å². The Morgan fingerprint density at radius 3 is 2.21 bits per heavy atom. The summed E-state index contributed by atoms with van der Waals surface area (Å²) in [4.78, 5) is 13.9. The van der Waals surface area contributed by atoms with Crippen LogP contribution < -0.4 is 15.2 Å². The first kappa shape index (κ1) is 18.8. The molecule has 0 fully saturated rings. The summed E-state index contributed by atoms with van der Waals surface area (Å²) < 4.78 is 52.4. The largest absolute Gasteiger partial charge is 0.506 e. The predicted octanol–water partition coefficient (Wildman–Crippen LogP) is 4.07. The topological polar surface area (TPSA) is 115 Å². The molecule has 0 aliphatic rings. The highest BCUT2D eigenvalue weighted by Gasteiger charge is 2.24. The van der Waals surface area contributed by atoms with Gasteiger partial charge in [0.2, 0.25) is 17.4 Å². The van der Waals surface area contributed by atoms with Crippen LogP contribution >= 0.6 is 0 Å². The van der Waals surface area contributed by atoms with Gasteiger partial charge in [0.15, 0.2) is 0 Å². The highest BCUT2D eigenvalue weighted by Crippen LogP contribution is 2.36. The van der Waals surface area contributed by atoms with Crippen molar-refractivity contribution in [3.05, 3.63) is 65.6 Å². The van der Waals surface area contributed by atoms with Crippen LogP contribution in [-0.2, 0) is 0 Å². The van der Waals surface area contributed by atoms with Crippen molar-refractivity contribution in [1.82, 2.24) is 4.98 Å². The van der Waals surface area contributed by atoms with E-state index in [9.17, 15) is 23.1 Å². The van der Waals surface area contributed by atoms with Crippen molar-refractivity contribution in [3.8, 4) is 28.9 Å². The molecule has 0 bridgehead atoms. The third-order valence-electron chi connectivity index (χ3n) is 3.50. The summed E-state index contributed by atoms with van der Waals surface area (Å²) in [5.41, 5.74) is 5.37. The Morgan fingerprint density at radius 2 is 1.61 bits per heavy atom. The van der Waals surface area contributed by atoms with Gasteiger partial charge in [0, 0.05) is 6.07 Å². The number of ether oxygens (including phenoxy) is 2. The van der Waals surface area contributed by atoms with Crippen LogP contribution in [-0.4, -0.2) is 21.2 Å². The number of aromatic carboxylic acids is 1. The zero-order chi connectivity index (χ0) is 20.4. The van der Waals surface area contributed by atoms with Gasteiger partial charge in [0.25, 0.3) is 11.8 Å². The van der Waals surface area contributed by atoms with Gasteiger partial charge in [-0.25, -0.2) is 4.79 Å². The molecule has 1 heterocycles. The van der Waals surface area contributed by atoms with E-state index in [-0.39, 0.29) is 22.7 Å². The number of nitrogens with zero attached hydrogens (tertiary/aromatic N) is 1. The van der Waals surface area contributed by atoms with E-state index in [0.29, 0.717) is 0 Å². The van der Waals surface area contributed by atoms with Crippen molar-refractivity contribution < 1.29 is 37.7 Å². The van der Waals surface area contributed by atoms with E-state index in [0.717, 1.165) is 6.07 Å². The Kier molecular flexibility index (Phi) is 4.94. The molecule has 0 saturated carbocycles. The molecule has 0 unspecified atom stereocenters. The van der Waals surface area contributed by atoms with Crippen LogP contribution in [0.2, 0.25) is 0 Å². The summed E-state index contributed by atoms with van der Waals surface area (Å²) in [6, 6.07) is 8.12. The summed E-state index contributed by atoms with van der Waals surface area (Å²) in [6.45, 7) is 0. The first-order valence-corrected chi connectivity index (χ1v) is 7.58. The Morgan fingerprint density at radius 1 is 0.964 bits per heavy atom. The van der Waals surface area contributed by atoms with Crippen molar-refractivity contribution in [1.29, 1.82) is 0 Å². The molecule has 4 N–H and O–H groups in total. The van der Waals surface area contributed by atoms with E-state index in [1.807, 2.05) is 0 Å². The zero-order valence-corrected chi connectivity index (χ0v) is 13.8. The van der Waals surface area contributed by atoms with E-state index < -0.39 is 40.9 Å². The molecule has 0 aliphatic carbocycles. The van der Waals surface area contributed by atoms with Gasteiger partial charge in [-0.3, -0.25) is 0 Å². The summed E-state index contributed by atoms with van der Waals surface area (Å²) in [7, 11) is 0. The summed E-state index contributed by atoms with van der Waals surface area (Å²) >= 11 is 0. The molecule has 1 aromatic heterocycles. The fourth-order valence-electron chi connectivity index (χ4n) is 2.11. The van der Waals surface area contributed by atoms with E-state index >= 15 is 0 Å². The Balaban J connectivity index is 1.94. The fraction of sp³-hybridized carbons (Fsp3) is 0. The number of phenols is 1. The number of anilines is 1. The maximum absolute atomic E-state index is 14.6. The normalized spacial score (nSPS) is 10.5. The van der Waals surface area contributed by atoms with Gasteiger partial charge in [0.1, 0.15) is 17.2 Å². The first-order valence-electron chi connectivity index (χ1n) is 7.58. The number of carbonyl (C=O) groups is 1. The number of phenolic OH excluding ortho intramolecular Hbond substituents is 1. The number of pyridine rings is 1. The van der Waals surface area contributed by atoms with Gasteiger partial charge in [-0.15, -0.1) is 0 Å². The van der Waals surface area contributed by atoms with Gasteiger partial charge in [-0.2, -0.15) is 18.2 Å². The number of halogens is 3. The van der Waals surface area contributed by atoms with Crippen molar-refractivity contribution in [2.24, 2.45) is 0 Å². The molecule has 0 aliphatic heterocycles. The van der Waals surface area contributed by atoms with Crippen molar-refractivity contribution in [2.75, 3.05) is 5.73 Å². The molecule has 3 aromatic rings. The highest BCUT2D eigenvalue weighted by atomic mass is 19.2. The lowest BCUT2D eigenvalue weighted by Gasteiger charge is -2.12. The minimum Gasteiger partial charge on any atom is -0.506 e. The zero-order valence-electron chi connectivity index (χ0n) is 13.8. The van der Waals surface area contributed by atoms with Crippen LogP contribution in [0.1, 0.15) is 10.4 Å². The number of rotatable bonds is 5. The first-order chi connectivity index (χ1) is 13.3. The molecule has 0 atom stereocenters. The van der Waals surface area contributed by atoms with Crippen molar-refractivity contribution in [2.45, 2.75) is 0 Å². The van der Waals surface area contributed by atoms with Crippen LogP contribution in [0.4, 0.5) is 18.9 Å². The molecule has 144 valence electrons. The van der Waals surface area contributed by atoms with Gasteiger partial charge in [-0.05, 0) is 36.4 Å². The molecule has 7 nitrogen and oxygen atoms in total. The quantitative estimate of drug-likeness (QED) is 0.341. The lowest BCUT2D eigenvalue weighted by Crippen LogP contribution is -2.03. The highest BCUT2D eigenvalue weighted by molar-refractivity contribution is 5.87. The number of hydrogen-bond acceptors (Lipinski definition) is 6. The van der Waals surface area contributed by atoms with Crippen LogP contribution in [0.5, 0.6) is 28.9 Å². The maximum Gasteiger partial charge on any atom is 0.335 e. The fourth-order valence-corrected chi connectivity index (χ4v) is 2.11. The van der Waals surface area contributed by atoms with Crippen molar-refractivity contribution in [3.63, 3.8) is 0 Å². The molecule has 28 heavy (non-hydrogen) atoms. The van der Waals surface area contributed by atoms with Gasteiger partial charge in [0.05, 0.1) is 11.3 Å². The van der Waals surface area contributed by atoms with Crippen molar-refractivity contribution >= 4 is 11.7 Å². The average molecular weight is 392 g/mol. The second-order valence-corrected chi connectivity index (χ2v) is 5.42. The van der Waals surface area contributed by atoms with Crippen LogP contribution in [0, 0.1) is 17.6 Å². The minimum absolute atomic E-state index is 0.00281. The Hall–Kier alpha value is -3.95. The predicted molar refractivity (Wildman–Crippen MR) is 90.2 cm³/mol. The number of benzene rings is 2. The smallest absolute Gasteiger partial charge is 0.335 e. The summed E-state index contributed by atoms with van der Waals surface area (Å²) in [5.74, 6) is -8.79. The molecular formula is C18H11F3N2O5. The number of carboxylic acids is 1. The number of aromatic hydroxyl groups is 1. The molecular weight excluding hydrogens is 381 g/mol. The lowest BCUT2D eigenvalue weighted by atomic mass is 10.2. The molecule has 3 rings (SSSR count). The number of aromatic nitrogens is 1. The lowest BCUT2D eigenvalue weighted by molar-refractivity contribution is 0.0697. The van der Waals surface area contributed by atoms with Crippen LogP contribution in [0.25, 0.3) is 0 Å². The number of nitrogen functional groups attached to an aromatic ring is 1. The monoisotopic (exact) mass is 392 g/mol. The molecule has 2 aromatic carbocycles. The van der Waals surface area contributed by atoms with Crippen LogP contribution in [0.15, 0.2) is 42.5 Å². The summed E-state index contributed by atoms with van der Waals surface area (Å²) in [6.07, 6.45) is 0. The third-order valence-corrected chi connectivity index (χ3v) is 3.50. The van der Waals surface area contributed by atoms with Gasteiger partial charge in [-0.1, -0.05) is 0 Å². The third kappa shape index (κ3) is 3.75. The second-order valence-electron chi connectivity index (χ2n) is 5.42. The molecule has 0 saturated heterocycles. The molecule has 10 heteroatoms. The van der Waals surface area contributed by atoms with E-state index in [4.69, 9.17) is 20.3 Å². The Bertz CT molecular complexity index is 1060. The maximum atomic E-state index is 14.6. The number of carboxylic acid groups (broad SMARTS) is 1. The van der Waals surface area contributed by atoms with E-state index in [1.54, 1.807) is 0 Å². The molecule has 0 radical (unpaired) electrons. The molecule has 0 amide bonds. The average Bonchev–Trinajstić information content (AvgIpc) is 2.66. The SMILES string of the molecule is Nc1ccc(Oc2c(F)c(F)nc(Oc3ccc(C(=O)O)cc3)c2F)cc1O. The van der Waals surface area contributed by atoms with E-state index in [1.165, 1.54) is 36.4 Å². The van der Waals surface area contributed by atoms with Gasteiger partial charge < -0.3 is 25.4 Å². The number of hydrogen-bond donors (Lipinski definition) is 3. The second kappa shape index (κ2) is 7.35. The standard InChI is InChI=1S/C18H11F3N2O5/c19-13-15(27-10-5-6-11(22)12(24)7-10)14(20)17(23-16(13)21)28-9-3-1-8(2-4-9)18(25)26/h1-7,24H,22H2,(H,25,26). The van der Waals surface area contributed by atoms with Gasteiger partial charge >= 0.3 is 5.97 Å². The summed E-state index contributed by atoms with van der Waals surface area (Å²) in [5, 5.41) is 18.4. The minimum atomic E-state index is -1.71. The van der Waals surface area contributed by atoms with E-state index in [2.05, 4.69) is 4.98 Å². The molecule has 0 spiro atoms.